The Bertz CT molecular complexity index is 662. The molecule has 0 aliphatic carbocycles. The van der Waals surface area contributed by atoms with Crippen LogP contribution in [0.2, 0.25) is 0 Å². The van der Waals surface area contributed by atoms with E-state index in [0.29, 0.717) is 23.5 Å². The topological polar surface area (TPSA) is 45.8 Å². The summed E-state index contributed by atoms with van der Waals surface area (Å²) in [6.07, 6.45) is -3.62. The number of nitrogens with zero attached hydrogens (tertiary/aromatic N) is 1. The largest absolute Gasteiger partial charge is 0.416 e. The van der Waals surface area contributed by atoms with Gasteiger partial charge in [-0.25, -0.2) is 4.98 Å². The zero-order chi connectivity index (χ0) is 14.8. The third-order valence-corrected chi connectivity index (χ3v) is 2.83. The molecule has 0 saturated heterocycles. The van der Waals surface area contributed by atoms with E-state index in [0.717, 1.165) is 12.1 Å². The number of hydrogen-bond acceptors (Lipinski definition) is 2. The minimum absolute atomic E-state index is 0.160. The Morgan fingerprint density at radius 1 is 1.25 bits per heavy atom. The standard InChI is InChI=1S/C14H13F3N2O/c1-2-11-8-13(20)19-12(18-11)7-9-4-3-5-10(6-9)14(15,16)17/h3-6,8H,2,7H2,1H3,(H,18,19,20). The van der Waals surface area contributed by atoms with Gasteiger partial charge in [-0.15, -0.1) is 0 Å². The first kappa shape index (κ1) is 14.3. The number of nitrogens with one attached hydrogen (secondary N) is 1. The molecule has 0 aliphatic heterocycles. The molecule has 0 bridgehead atoms. The minimum atomic E-state index is -4.37. The molecule has 0 aliphatic rings. The highest BCUT2D eigenvalue weighted by atomic mass is 19.4. The zero-order valence-corrected chi connectivity index (χ0v) is 10.8. The maximum atomic E-state index is 12.6. The molecule has 6 heteroatoms. The van der Waals surface area contributed by atoms with Gasteiger partial charge in [-0.3, -0.25) is 4.79 Å². The fourth-order valence-electron chi connectivity index (χ4n) is 1.88. The van der Waals surface area contributed by atoms with E-state index < -0.39 is 11.7 Å². The zero-order valence-electron chi connectivity index (χ0n) is 10.8. The van der Waals surface area contributed by atoms with Crippen molar-refractivity contribution in [2.75, 3.05) is 0 Å². The molecule has 0 spiro atoms. The molecule has 0 unspecified atom stereocenters. The Morgan fingerprint density at radius 2 is 2.00 bits per heavy atom. The second kappa shape index (κ2) is 5.48. The van der Waals surface area contributed by atoms with Crippen LogP contribution in [0.25, 0.3) is 0 Å². The molecule has 20 heavy (non-hydrogen) atoms. The van der Waals surface area contributed by atoms with Crippen molar-refractivity contribution in [3.63, 3.8) is 0 Å². The van der Waals surface area contributed by atoms with E-state index in [2.05, 4.69) is 9.97 Å². The van der Waals surface area contributed by atoms with E-state index in [1.165, 1.54) is 12.1 Å². The molecule has 1 aromatic heterocycles. The Hall–Kier alpha value is -2.11. The molecule has 106 valence electrons. The van der Waals surface area contributed by atoms with Gasteiger partial charge in [-0.2, -0.15) is 13.2 Å². The lowest BCUT2D eigenvalue weighted by Gasteiger charge is -2.08. The molecule has 3 nitrogen and oxygen atoms in total. The monoisotopic (exact) mass is 282 g/mol. The van der Waals surface area contributed by atoms with Crippen LogP contribution >= 0.6 is 0 Å². The first-order chi connectivity index (χ1) is 9.38. The van der Waals surface area contributed by atoms with Crippen LogP contribution in [-0.4, -0.2) is 9.97 Å². The number of rotatable bonds is 3. The number of H-pyrrole nitrogens is 1. The van der Waals surface area contributed by atoms with Crippen molar-refractivity contribution >= 4 is 0 Å². The second-order valence-electron chi connectivity index (χ2n) is 4.41. The maximum Gasteiger partial charge on any atom is 0.416 e. The summed E-state index contributed by atoms with van der Waals surface area (Å²) < 4.78 is 37.8. The van der Waals surface area contributed by atoms with Crippen molar-refractivity contribution in [1.29, 1.82) is 0 Å². The van der Waals surface area contributed by atoms with Gasteiger partial charge in [-0.1, -0.05) is 25.1 Å². The third kappa shape index (κ3) is 3.46. The van der Waals surface area contributed by atoms with Crippen molar-refractivity contribution in [2.24, 2.45) is 0 Å². The molecule has 1 aromatic carbocycles. The summed E-state index contributed by atoms with van der Waals surface area (Å²) in [7, 11) is 0. The van der Waals surface area contributed by atoms with Gasteiger partial charge < -0.3 is 4.98 Å². The number of aryl methyl sites for hydroxylation is 1. The average Bonchev–Trinajstić information content (AvgIpc) is 2.37. The van der Waals surface area contributed by atoms with E-state index in [4.69, 9.17) is 0 Å². The number of alkyl halides is 3. The van der Waals surface area contributed by atoms with Crippen LogP contribution < -0.4 is 5.56 Å². The lowest BCUT2D eigenvalue weighted by atomic mass is 10.1. The lowest BCUT2D eigenvalue weighted by molar-refractivity contribution is -0.137. The summed E-state index contributed by atoms with van der Waals surface area (Å²) >= 11 is 0. The molecule has 2 rings (SSSR count). The van der Waals surface area contributed by atoms with E-state index in [1.54, 1.807) is 6.07 Å². The fourth-order valence-corrected chi connectivity index (χ4v) is 1.88. The first-order valence-electron chi connectivity index (χ1n) is 6.13. The second-order valence-corrected chi connectivity index (χ2v) is 4.41. The highest BCUT2D eigenvalue weighted by molar-refractivity contribution is 5.27. The number of benzene rings is 1. The summed E-state index contributed by atoms with van der Waals surface area (Å²) in [4.78, 5) is 18.2. The molecular weight excluding hydrogens is 269 g/mol. The van der Waals surface area contributed by atoms with Crippen LogP contribution in [0, 0.1) is 0 Å². The van der Waals surface area contributed by atoms with Gasteiger partial charge in [0.15, 0.2) is 0 Å². The number of aromatic nitrogens is 2. The Labute approximate surface area is 113 Å². The van der Waals surface area contributed by atoms with Crippen LogP contribution in [-0.2, 0) is 19.0 Å². The molecule has 2 aromatic rings. The van der Waals surface area contributed by atoms with Gasteiger partial charge in [-0.05, 0) is 18.1 Å². The van der Waals surface area contributed by atoms with E-state index in [-0.39, 0.29) is 12.0 Å². The smallest absolute Gasteiger partial charge is 0.310 e. The molecule has 0 amide bonds. The maximum absolute atomic E-state index is 12.6. The summed E-state index contributed by atoms with van der Waals surface area (Å²) in [5.74, 6) is 0.369. The van der Waals surface area contributed by atoms with Crippen LogP contribution in [0.15, 0.2) is 35.1 Å². The van der Waals surface area contributed by atoms with Gasteiger partial charge in [0.1, 0.15) is 5.82 Å². The van der Waals surface area contributed by atoms with Crippen LogP contribution in [0.4, 0.5) is 13.2 Å². The predicted octanol–water partition coefficient (Wildman–Crippen LogP) is 2.94. The van der Waals surface area contributed by atoms with Gasteiger partial charge in [0, 0.05) is 18.2 Å². The average molecular weight is 282 g/mol. The van der Waals surface area contributed by atoms with Crippen molar-refractivity contribution in [3.05, 3.63) is 63.3 Å². The third-order valence-electron chi connectivity index (χ3n) is 2.83. The first-order valence-corrected chi connectivity index (χ1v) is 6.13. The number of aromatic amines is 1. The van der Waals surface area contributed by atoms with Gasteiger partial charge >= 0.3 is 6.18 Å². The summed E-state index contributed by atoms with van der Waals surface area (Å²) in [6.45, 7) is 1.86. The number of halogens is 3. The summed E-state index contributed by atoms with van der Waals surface area (Å²) in [5.41, 5.74) is 0.0785. The fraction of sp³-hybridized carbons (Fsp3) is 0.286. The molecular formula is C14H13F3N2O. The molecule has 0 radical (unpaired) electrons. The molecule has 0 fully saturated rings. The summed E-state index contributed by atoms with van der Waals surface area (Å²) in [5, 5.41) is 0. The molecule has 0 atom stereocenters. The Balaban J connectivity index is 2.31. The lowest BCUT2D eigenvalue weighted by Crippen LogP contribution is -2.13. The Kier molecular flexibility index (Phi) is 3.92. The van der Waals surface area contributed by atoms with Crippen molar-refractivity contribution in [1.82, 2.24) is 9.97 Å². The van der Waals surface area contributed by atoms with E-state index >= 15 is 0 Å². The van der Waals surface area contributed by atoms with Crippen LogP contribution in [0.5, 0.6) is 0 Å². The van der Waals surface area contributed by atoms with Gasteiger partial charge in [0.05, 0.1) is 5.56 Å². The molecule has 1 N–H and O–H groups in total. The van der Waals surface area contributed by atoms with Gasteiger partial charge in [0.2, 0.25) is 0 Å². The van der Waals surface area contributed by atoms with Crippen molar-refractivity contribution < 1.29 is 13.2 Å². The highest BCUT2D eigenvalue weighted by Gasteiger charge is 2.30. The predicted molar refractivity (Wildman–Crippen MR) is 68.5 cm³/mol. The summed E-state index contributed by atoms with van der Waals surface area (Å²) in [6, 6.07) is 6.39. The highest BCUT2D eigenvalue weighted by Crippen LogP contribution is 2.29. The van der Waals surface area contributed by atoms with Crippen LogP contribution in [0.1, 0.15) is 29.6 Å². The van der Waals surface area contributed by atoms with E-state index in [9.17, 15) is 18.0 Å². The van der Waals surface area contributed by atoms with Crippen LogP contribution in [0.3, 0.4) is 0 Å². The number of hydrogen-bond donors (Lipinski definition) is 1. The SMILES string of the molecule is CCc1cc(=O)[nH]c(Cc2cccc(C(F)(F)F)c2)n1. The quantitative estimate of drug-likeness (QED) is 0.940. The molecule has 0 saturated carbocycles. The van der Waals surface area contributed by atoms with Gasteiger partial charge in [0.25, 0.3) is 5.56 Å². The molecule has 1 heterocycles. The minimum Gasteiger partial charge on any atom is -0.310 e. The van der Waals surface area contributed by atoms with Crippen molar-refractivity contribution in [2.45, 2.75) is 25.9 Å². The Morgan fingerprint density at radius 3 is 2.65 bits per heavy atom. The van der Waals surface area contributed by atoms with E-state index in [1.807, 2.05) is 6.92 Å². The van der Waals surface area contributed by atoms with Crippen molar-refractivity contribution in [3.8, 4) is 0 Å². The normalized spacial score (nSPS) is 11.6.